The number of para-hydroxylation sites is 1. The Morgan fingerprint density at radius 1 is 1.03 bits per heavy atom. The Balaban J connectivity index is 2.57. The molecule has 2 aromatic rings. The van der Waals surface area contributed by atoms with Crippen molar-refractivity contribution in [3.8, 4) is 0 Å². The number of hydrogen-bond acceptors (Lipinski definition) is 5. The van der Waals surface area contributed by atoms with Crippen LogP contribution in [0.5, 0.6) is 0 Å². The summed E-state index contributed by atoms with van der Waals surface area (Å²) < 4.78 is 5.42. The van der Waals surface area contributed by atoms with Gasteiger partial charge >= 0.3 is 6.09 Å². The lowest BCUT2D eigenvalue weighted by molar-refractivity contribution is -0.142. The van der Waals surface area contributed by atoms with Crippen LogP contribution in [-0.2, 0) is 14.3 Å². The third kappa shape index (κ3) is 8.58. The fourth-order valence-corrected chi connectivity index (χ4v) is 4.33. The quantitative estimate of drug-likeness (QED) is 0.402. The first-order valence-electron chi connectivity index (χ1n) is 13.1. The second-order valence-electron chi connectivity index (χ2n) is 10.9. The van der Waals surface area contributed by atoms with Crippen molar-refractivity contribution in [2.75, 3.05) is 18.5 Å². The lowest BCUT2D eigenvalue weighted by Gasteiger charge is -2.36. The second-order valence-corrected chi connectivity index (χ2v) is 10.9. The molecule has 0 bridgehead atoms. The average molecular weight is 526 g/mol. The van der Waals surface area contributed by atoms with Gasteiger partial charge in [0, 0.05) is 12.2 Å². The molecule has 0 aliphatic heterocycles. The summed E-state index contributed by atoms with van der Waals surface area (Å²) in [5, 5.41) is 15.7. The highest BCUT2D eigenvalue weighted by Crippen LogP contribution is 2.28. The van der Waals surface area contributed by atoms with Gasteiger partial charge in [-0.25, -0.2) is 4.79 Å². The number of aliphatic hydroxyl groups excluding tert-OH is 1. The highest BCUT2D eigenvalue weighted by atomic mass is 16.6. The molecule has 0 aromatic heterocycles. The molecule has 0 aliphatic rings. The molecule has 38 heavy (non-hydrogen) atoms. The largest absolute Gasteiger partial charge is 0.444 e. The fraction of sp³-hybridized carbons (Fsp3) is 0.500. The van der Waals surface area contributed by atoms with Crippen molar-refractivity contribution < 1.29 is 24.2 Å². The molecule has 0 heterocycles. The average Bonchev–Trinajstić information content (AvgIpc) is 2.81. The Bertz CT molecular complexity index is 1100. The van der Waals surface area contributed by atoms with Crippen molar-refractivity contribution in [2.45, 2.75) is 79.5 Å². The zero-order chi connectivity index (χ0) is 28.6. The number of hydrogen-bond donors (Lipinski definition) is 3. The predicted molar refractivity (Wildman–Crippen MR) is 150 cm³/mol. The third-order valence-corrected chi connectivity index (χ3v) is 6.30. The number of carbonyl (C=O) groups excluding carboxylic acids is 3. The van der Waals surface area contributed by atoms with Gasteiger partial charge in [0.15, 0.2) is 0 Å². The van der Waals surface area contributed by atoms with Crippen LogP contribution in [0.4, 0.5) is 10.5 Å². The molecule has 3 amide bonds. The Kier molecular flexibility index (Phi) is 10.9. The molecule has 2 rings (SSSR count). The predicted octanol–water partition coefficient (Wildman–Crippen LogP) is 5.05. The van der Waals surface area contributed by atoms with Gasteiger partial charge in [-0.2, -0.15) is 0 Å². The van der Waals surface area contributed by atoms with Gasteiger partial charge in [0.2, 0.25) is 5.91 Å². The van der Waals surface area contributed by atoms with E-state index in [1.54, 1.807) is 26.8 Å². The van der Waals surface area contributed by atoms with Crippen LogP contribution in [0.1, 0.15) is 69.3 Å². The van der Waals surface area contributed by atoms with E-state index in [1.165, 1.54) is 4.90 Å². The number of alkyl carbamates (subject to hydrolysis) is 1. The number of amides is 3. The Hall–Kier alpha value is -3.39. The molecule has 3 atom stereocenters. The molecule has 0 spiro atoms. The van der Waals surface area contributed by atoms with E-state index in [0.717, 1.165) is 16.7 Å². The molecule has 8 nitrogen and oxygen atoms in total. The maximum Gasteiger partial charge on any atom is 0.408 e. The highest BCUT2D eigenvalue weighted by molar-refractivity contribution is 5.99. The topological polar surface area (TPSA) is 108 Å². The SMILES string of the molecule is CCC(C)C(NC(=O)OC(C)(C)C)C(=O)N(CCO)C(C(=O)Nc1ccccc1C)c1cc(C)cc(C)c1. The first-order chi connectivity index (χ1) is 17.8. The standard InChI is InChI=1S/C30H43N3O5/c1-9-21(4)25(32-29(37)38-30(6,7)8)28(36)33(14-15-34)26(23-17-19(2)16-20(3)18-23)27(35)31-24-13-11-10-12-22(24)5/h10-13,16-18,21,25-26,34H,9,14-15H2,1-8H3,(H,31,35)(H,32,37). The number of ether oxygens (including phenoxy) is 1. The molecule has 8 heteroatoms. The van der Waals surface area contributed by atoms with E-state index in [1.807, 2.05) is 71.0 Å². The summed E-state index contributed by atoms with van der Waals surface area (Å²) >= 11 is 0. The minimum absolute atomic E-state index is 0.0966. The number of carbonyl (C=O) groups is 3. The summed E-state index contributed by atoms with van der Waals surface area (Å²) in [7, 11) is 0. The van der Waals surface area contributed by atoms with Gasteiger partial charge in [-0.3, -0.25) is 9.59 Å². The summed E-state index contributed by atoms with van der Waals surface area (Å²) in [5.41, 5.74) is 3.27. The molecule has 3 unspecified atom stereocenters. The lowest BCUT2D eigenvalue weighted by atomic mass is 9.94. The van der Waals surface area contributed by atoms with E-state index in [-0.39, 0.29) is 19.1 Å². The van der Waals surface area contributed by atoms with Gasteiger partial charge in [-0.15, -0.1) is 0 Å². The smallest absolute Gasteiger partial charge is 0.408 e. The van der Waals surface area contributed by atoms with Crippen molar-refractivity contribution in [1.82, 2.24) is 10.2 Å². The Labute approximate surface area is 226 Å². The zero-order valence-electron chi connectivity index (χ0n) is 23.9. The molecule has 0 fully saturated rings. The molecule has 0 saturated carbocycles. The van der Waals surface area contributed by atoms with Crippen LogP contribution in [0.15, 0.2) is 42.5 Å². The van der Waals surface area contributed by atoms with E-state index in [4.69, 9.17) is 4.74 Å². The normalized spacial score (nSPS) is 13.7. The molecule has 0 saturated heterocycles. The molecular weight excluding hydrogens is 482 g/mol. The first kappa shape index (κ1) is 30.8. The summed E-state index contributed by atoms with van der Waals surface area (Å²) in [6.45, 7) is 14.3. The zero-order valence-corrected chi connectivity index (χ0v) is 23.9. The van der Waals surface area contributed by atoms with Crippen LogP contribution in [0.25, 0.3) is 0 Å². The van der Waals surface area contributed by atoms with Gasteiger partial charge in [0.05, 0.1) is 6.61 Å². The van der Waals surface area contributed by atoms with Crippen molar-refractivity contribution in [1.29, 1.82) is 0 Å². The Morgan fingerprint density at radius 2 is 1.63 bits per heavy atom. The number of nitrogens with zero attached hydrogens (tertiary/aromatic N) is 1. The van der Waals surface area contributed by atoms with Crippen LogP contribution in [-0.4, -0.2) is 52.7 Å². The number of aryl methyl sites for hydroxylation is 3. The summed E-state index contributed by atoms with van der Waals surface area (Å²) in [4.78, 5) is 42.0. The molecule has 0 radical (unpaired) electrons. The lowest BCUT2D eigenvalue weighted by Crippen LogP contribution is -2.55. The van der Waals surface area contributed by atoms with Crippen LogP contribution >= 0.6 is 0 Å². The van der Waals surface area contributed by atoms with E-state index >= 15 is 0 Å². The molecule has 3 N–H and O–H groups in total. The second kappa shape index (κ2) is 13.4. The van der Waals surface area contributed by atoms with Crippen molar-refractivity contribution >= 4 is 23.6 Å². The number of benzene rings is 2. The minimum atomic E-state index is -1.04. The van der Waals surface area contributed by atoms with Gasteiger partial charge in [0.1, 0.15) is 17.7 Å². The summed E-state index contributed by atoms with van der Waals surface area (Å²) in [6, 6.07) is 11.1. The van der Waals surface area contributed by atoms with Gasteiger partial charge in [0.25, 0.3) is 5.91 Å². The third-order valence-electron chi connectivity index (χ3n) is 6.30. The fourth-order valence-electron chi connectivity index (χ4n) is 4.33. The molecule has 208 valence electrons. The Morgan fingerprint density at radius 3 is 2.16 bits per heavy atom. The maximum atomic E-state index is 14.1. The monoisotopic (exact) mass is 525 g/mol. The van der Waals surface area contributed by atoms with Crippen molar-refractivity contribution in [2.24, 2.45) is 5.92 Å². The first-order valence-corrected chi connectivity index (χ1v) is 13.1. The molecular formula is C30H43N3O5. The van der Waals surface area contributed by atoms with Gasteiger partial charge in [-0.05, 0) is 64.7 Å². The number of aliphatic hydroxyl groups is 1. The van der Waals surface area contributed by atoms with Crippen LogP contribution in [0.2, 0.25) is 0 Å². The molecule has 0 aliphatic carbocycles. The van der Waals surface area contributed by atoms with Gasteiger partial charge in [-0.1, -0.05) is 67.8 Å². The van der Waals surface area contributed by atoms with Crippen LogP contribution in [0, 0.1) is 26.7 Å². The summed E-state index contributed by atoms with van der Waals surface area (Å²) in [6.07, 6.45) is -0.115. The van der Waals surface area contributed by atoms with E-state index in [0.29, 0.717) is 17.7 Å². The van der Waals surface area contributed by atoms with E-state index in [2.05, 4.69) is 10.6 Å². The number of anilines is 1. The van der Waals surface area contributed by atoms with E-state index in [9.17, 15) is 19.5 Å². The van der Waals surface area contributed by atoms with E-state index < -0.39 is 35.6 Å². The van der Waals surface area contributed by atoms with Crippen molar-refractivity contribution in [3.63, 3.8) is 0 Å². The molecule has 2 aromatic carbocycles. The van der Waals surface area contributed by atoms with Crippen LogP contribution in [0.3, 0.4) is 0 Å². The minimum Gasteiger partial charge on any atom is -0.444 e. The van der Waals surface area contributed by atoms with Crippen LogP contribution < -0.4 is 10.6 Å². The highest BCUT2D eigenvalue weighted by Gasteiger charge is 2.38. The maximum absolute atomic E-state index is 14.1. The summed E-state index contributed by atoms with van der Waals surface area (Å²) in [5.74, 6) is -1.13. The number of nitrogens with one attached hydrogen (secondary N) is 2. The number of rotatable bonds is 10. The van der Waals surface area contributed by atoms with Gasteiger partial charge < -0.3 is 25.4 Å². The van der Waals surface area contributed by atoms with Crippen molar-refractivity contribution in [3.05, 3.63) is 64.7 Å².